The zero-order valence-corrected chi connectivity index (χ0v) is 17.9. The Morgan fingerprint density at radius 2 is 1.68 bits per heavy atom. The van der Waals surface area contributed by atoms with Crippen molar-refractivity contribution in [3.63, 3.8) is 0 Å². The lowest BCUT2D eigenvalue weighted by atomic mass is 10.2. The fraction of sp³-hybridized carbons (Fsp3) is 0.286. The predicted molar refractivity (Wildman–Crippen MR) is 117 cm³/mol. The molecule has 1 heterocycles. The molecule has 2 aromatic rings. The zero-order valence-electron chi connectivity index (χ0n) is 17.1. The predicted octanol–water partition coefficient (Wildman–Crippen LogP) is 1.86. The molecule has 0 bridgehead atoms. The highest BCUT2D eigenvalue weighted by Gasteiger charge is 2.27. The molecule has 10 heteroatoms. The van der Waals surface area contributed by atoms with Gasteiger partial charge in [0.2, 0.25) is 15.9 Å². The maximum atomic E-state index is 12.7. The summed E-state index contributed by atoms with van der Waals surface area (Å²) in [4.78, 5) is 24.5. The van der Waals surface area contributed by atoms with Crippen LogP contribution in [0.3, 0.4) is 0 Å². The van der Waals surface area contributed by atoms with Crippen LogP contribution < -0.4 is 5.32 Å². The first kappa shape index (κ1) is 22.6. The molecule has 31 heavy (non-hydrogen) atoms. The molecule has 0 radical (unpaired) electrons. The van der Waals surface area contributed by atoms with Crippen LogP contribution in [-0.4, -0.2) is 61.7 Å². The number of hydrogen-bond acceptors (Lipinski definition) is 6. The lowest BCUT2D eigenvalue weighted by Gasteiger charge is -2.31. The molecule has 0 unspecified atom stereocenters. The molecule has 1 fully saturated rings. The Morgan fingerprint density at radius 1 is 1.06 bits per heavy atom. The summed E-state index contributed by atoms with van der Waals surface area (Å²) >= 11 is 0. The van der Waals surface area contributed by atoms with Crippen LogP contribution in [0.25, 0.3) is 6.08 Å². The van der Waals surface area contributed by atoms with Gasteiger partial charge >= 0.3 is 0 Å². The van der Waals surface area contributed by atoms with Crippen molar-refractivity contribution in [2.24, 2.45) is 0 Å². The van der Waals surface area contributed by atoms with Crippen LogP contribution in [0, 0.1) is 10.1 Å². The van der Waals surface area contributed by atoms with E-state index in [1.54, 1.807) is 42.5 Å². The highest BCUT2D eigenvalue weighted by Crippen LogP contribution is 2.18. The van der Waals surface area contributed by atoms with E-state index in [1.807, 2.05) is 7.05 Å². The first-order valence-electron chi connectivity index (χ1n) is 9.74. The molecule has 1 N–H and O–H groups in total. The van der Waals surface area contributed by atoms with Gasteiger partial charge in [-0.3, -0.25) is 14.9 Å². The summed E-state index contributed by atoms with van der Waals surface area (Å²) in [5.74, 6) is -0.326. The summed E-state index contributed by atoms with van der Waals surface area (Å²) in [6.45, 7) is 2.60. The Balaban J connectivity index is 1.54. The monoisotopic (exact) mass is 444 g/mol. The van der Waals surface area contributed by atoms with Gasteiger partial charge in [-0.1, -0.05) is 12.1 Å². The minimum atomic E-state index is -3.52. The summed E-state index contributed by atoms with van der Waals surface area (Å²) in [7, 11) is -1.55. The summed E-state index contributed by atoms with van der Waals surface area (Å²) in [5, 5.41) is 13.4. The number of carbonyl (C=O) groups excluding carboxylic acids is 1. The van der Waals surface area contributed by atoms with E-state index in [2.05, 4.69) is 10.2 Å². The zero-order chi connectivity index (χ0) is 22.4. The van der Waals surface area contributed by atoms with Crippen LogP contribution in [0.15, 0.2) is 59.5 Å². The van der Waals surface area contributed by atoms with E-state index >= 15 is 0 Å². The van der Waals surface area contributed by atoms with Gasteiger partial charge < -0.3 is 10.2 Å². The second-order valence-electron chi connectivity index (χ2n) is 7.25. The van der Waals surface area contributed by atoms with Crippen molar-refractivity contribution in [2.75, 3.05) is 33.2 Å². The standard InChI is InChI=1S/C21H24N4O5S/c1-23-12-14-24(15-13-23)31(29,30)20-9-4-18(5-10-20)16-22-21(26)11-6-17-2-7-19(8-3-17)25(27)28/h2-11H,12-16H2,1H3,(H,22,26)/b11-6+. The number of hydrogen-bond donors (Lipinski definition) is 1. The quantitative estimate of drug-likeness (QED) is 0.396. The lowest BCUT2D eigenvalue weighted by Crippen LogP contribution is -2.46. The Hall–Kier alpha value is -3.08. The number of rotatable bonds is 7. The molecule has 1 aliphatic rings. The molecule has 0 aliphatic carbocycles. The lowest BCUT2D eigenvalue weighted by molar-refractivity contribution is -0.384. The van der Waals surface area contributed by atoms with E-state index in [0.717, 1.165) is 5.56 Å². The van der Waals surface area contributed by atoms with Gasteiger partial charge in [0.15, 0.2) is 0 Å². The molecule has 1 aliphatic heterocycles. The SMILES string of the molecule is CN1CCN(S(=O)(=O)c2ccc(CNC(=O)/C=C/c3ccc([N+](=O)[O-])cc3)cc2)CC1. The maximum absolute atomic E-state index is 12.7. The highest BCUT2D eigenvalue weighted by atomic mass is 32.2. The molecule has 2 aromatic carbocycles. The molecule has 0 atom stereocenters. The molecule has 164 valence electrons. The fourth-order valence-corrected chi connectivity index (χ4v) is 4.51. The van der Waals surface area contributed by atoms with Crippen LogP contribution in [0.2, 0.25) is 0 Å². The number of amides is 1. The third-order valence-corrected chi connectivity index (χ3v) is 6.93. The third-order valence-electron chi connectivity index (χ3n) is 5.02. The van der Waals surface area contributed by atoms with Gasteiger partial charge in [0.05, 0.1) is 9.82 Å². The normalized spacial score (nSPS) is 15.8. The number of benzene rings is 2. The van der Waals surface area contributed by atoms with Crippen LogP contribution in [0.4, 0.5) is 5.69 Å². The number of nitrogens with one attached hydrogen (secondary N) is 1. The molecule has 3 rings (SSSR count). The van der Waals surface area contributed by atoms with E-state index in [4.69, 9.17) is 0 Å². The van der Waals surface area contributed by atoms with E-state index in [0.29, 0.717) is 31.7 Å². The smallest absolute Gasteiger partial charge is 0.269 e. The molecular weight excluding hydrogens is 420 g/mol. The fourth-order valence-electron chi connectivity index (χ4n) is 3.08. The van der Waals surface area contributed by atoms with Crippen LogP contribution in [0.5, 0.6) is 0 Å². The number of sulfonamides is 1. The summed E-state index contributed by atoms with van der Waals surface area (Å²) in [5.41, 5.74) is 1.42. The van der Waals surface area contributed by atoms with Gasteiger partial charge in [0.1, 0.15) is 0 Å². The van der Waals surface area contributed by atoms with Gasteiger partial charge in [-0.05, 0) is 48.5 Å². The van der Waals surface area contributed by atoms with Crippen molar-refractivity contribution in [2.45, 2.75) is 11.4 Å². The van der Waals surface area contributed by atoms with Gasteiger partial charge in [-0.2, -0.15) is 4.31 Å². The van der Waals surface area contributed by atoms with Crippen molar-refractivity contribution in [1.29, 1.82) is 0 Å². The number of carbonyl (C=O) groups is 1. The van der Waals surface area contributed by atoms with Crippen molar-refractivity contribution < 1.29 is 18.1 Å². The van der Waals surface area contributed by atoms with Crippen LogP contribution in [0.1, 0.15) is 11.1 Å². The average Bonchev–Trinajstić information content (AvgIpc) is 2.77. The van der Waals surface area contributed by atoms with Crippen LogP contribution in [-0.2, 0) is 21.4 Å². The maximum Gasteiger partial charge on any atom is 0.269 e. The van der Waals surface area contributed by atoms with Gasteiger partial charge in [0, 0.05) is 50.9 Å². The van der Waals surface area contributed by atoms with Crippen LogP contribution >= 0.6 is 0 Å². The summed E-state index contributed by atoms with van der Waals surface area (Å²) in [6, 6.07) is 12.3. The summed E-state index contributed by atoms with van der Waals surface area (Å²) in [6.07, 6.45) is 2.90. The van der Waals surface area contributed by atoms with Crippen molar-refractivity contribution >= 4 is 27.7 Å². The Morgan fingerprint density at radius 3 is 2.26 bits per heavy atom. The first-order valence-corrected chi connectivity index (χ1v) is 11.2. The number of nitro groups is 1. The van der Waals surface area contributed by atoms with Crippen molar-refractivity contribution in [1.82, 2.24) is 14.5 Å². The molecule has 0 saturated carbocycles. The van der Waals surface area contributed by atoms with Crippen molar-refractivity contribution in [3.05, 3.63) is 75.8 Å². The van der Waals surface area contributed by atoms with Gasteiger partial charge in [-0.15, -0.1) is 0 Å². The largest absolute Gasteiger partial charge is 0.348 e. The Bertz CT molecular complexity index is 1060. The second kappa shape index (κ2) is 9.82. The second-order valence-corrected chi connectivity index (χ2v) is 9.19. The average molecular weight is 445 g/mol. The number of non-ortho nitro benzene ring substituents is 1. The molecule has 0 spiro atoms. The number of nitro benzene ring substituents is 1. The molecular formula is C21H24N4O5S. The van der Waals surface area contributed by atoms with Gasteiger partial charge in [0.25, 0.3) is 5.69 Å². The van der Waals surface area contributed by atoms with E-state index in [-0.39, 0.29) is 23.0 Å². The van der Waals surface area contributed by atoms with Crippen molar-refractivity contribution in [3.8, 4) is 0 Å². The number of piperazine rings is 1. The Kier molecular flexibility index (Phi) is 7.16. The van der Waals surface area contributed by atoms with E-state index < -0.39 is 14.9 Å². The topological polar surface area (TPSA) is 113 Å². The molecule has 9 nitrogen and oxygen atoms in total. The summed E-state index contributed by atoms with van der Waals surface area (Å²) < 4.78 is 27.0. The highest BCUT2D eigenvalue weighted by molar-refractivity contribution is 7.89. The third kappa shape index (κ3) is 5.97. The van der Waals surface area contributed by atoms with Gasteiger partial charge in [-0.25, -0.2) is 8.42 Å². The molecule has 1 saturated heterocycles. The molecule has 0 aromatic heterocycles. The minimum Gasteiger partial charge on any atom is -0.348 e. The minimum absolute atomic E-state index is 0.0142. The number of nitrogens with zero attached hydrogens (tertiary/aromatic N) is 3. The van der Waals surface area contributed by atoms with E-state index in [1.165, 1.54) is 22.5 Å². The molecule has 1 amide bonds. The first-order chi connectivity index (χ1) is 14.8. The Labute approximate surface area is 181 Å². The van der Waals surface area contributed by atoms with E-state index in [9.17, 15) is 23.3 Å². The number of likely N-dealkylation sites (N-methyl/N-ethyl adjacent to an activating group) is 1.